The molecule has 0 atom stereocenters. The molecule has 21 heavy (non-hydrogen) atoms. The van der Waals surface area contributed by atoms with Crippen LogP contribution in [-0.4, -0.2) is 21.3 Å². The molecule has 0 aromatic carbocycles. The van der Waals surface area contributed by atoms with Gasteiger partial charge in [0.2, 0.25) is 5.13 Å². The number of anilines is 1. The van der Waals surface area contributed by atoms with E-state index in [2.05, 4.69) is 27.6 Å². The van der Waals surface area contributed by atoms with Gasteiger partial charge in [0, 0.05) is 12.5 Å². The number of amides is 1. The Balaban J connectivity index is 1.70. The summed E-state index contributed by atoms with van der Waals surface area (Å²) in [7, 11) is 0. The third-order valence-corrected chi connectivity index (χ3v) is 4.44. The predicted octanol–water partition coefficient (Wildman–Crippen LogP) is 3.46. The van der Waals surface area contributed by atoms with Crippen molar-refractivity contribution in [3.63, 3.8) is 0 Å². The maximum absolute atomic E-state index is 12.1. The second kappa shape index (κ2) is 6.15. The lowest BCUT2D eigenvalue weighted by Crippen LogP contribution is -2.11. The van der Waals surface area contributed by atoms with Crippen LogP contribution in [-0.2, 0) is 6.42 Å². The number of nitrogens with one attached hydrogen (secondary N) is 1. The van der Waals surface area contributed by atoms with Crippen molar-refractivity contribution in [1.29, 1.82) is 0 Å². The highest BCUT2D eigenvalue weighted by Crippen LogP contribution is 2.25. The zero-order valence-corrected chi connectivity index (χ0v) is 12.8. The van der Waals surface area contributed by atoms with E-state index in [4.69, 9.17) is 4.52 Å². The van der Waals surface area contributed by atoms with Crippen molar-refractivity contribution in [1.82, 2.24) is 15.4 Å². The lowest BCUT2D eigenvalue weighted by atomic mass is 10.3. The van der Waals surface area contributed by atoms with E-state index in [1.54, 1.807) is 6.07 Å². The van der Waals surface area contributed by atoms with Crippen LogP contribution in [0.3, 0.4) is 0 Å². The molecular weight excluding hydrogens is 308 g/mol. The van der Waals surface area contributed by atoms with Crippen molar-refractivity contribution in [3.8, 4) is 10.6 Å². The Bertz CT molecular complexity index is 733. The molecular formula is C13H12N4O2S2. The summed E-state index contributed by atoms with van der Waals surface area (Å²) in [4.78, 5) is 13.0. The molecule has 0 aliphatic heterocycles. The minimum absolute atomic E-state index is 0.227. The van der Waals surface area contributed by atoms with Gasteiger partial charge in [-0.1, -0.05) is 29.5 Å². The second-order valence-corrected chi connectivity index (χ2v) is 6.27. The Labute approximate surface area is 128 Å². The Morgan fingerprint density at radius 2 is 2.33 bits per heavy atom. The summed E-state index contributed by atoms with van der Waals surface area (Å²) in [6.07, 6.45) is 1.86. The fraction of sp³-hybridized carbons (Fsp3) is 0.231. The summed E-state index contributed by atoms with van der Waals surface area (Å²) in [5.41, 5.74) is 0.227. The number of hydrogen-bond donors (Lipinski definition) is 1. The highest BCUT2D eigenvalue weighted by Gasteiger charge is 2.16. The van der Waals surface area contributed by atoms with Gasteiger partial charge in [0.25, 0.3) is 5.91 Å². The van der Waals surface area contributed by atoms with Crippen LogP contribution in [0.5, 0.6) is 0 Å². The largest absolute Gasteiger partial charge is 0.355 e. The number of carbonyl (C=O) groups excluding carboxylic acids is 1. The van der Waals surface area contributed by atoms with Crippen molar-refractivity contribution < 1.29 is 9.32 Å². The molecule has 0 radical (unpaired) electrons. The van der Waals surface area contributed by atoms with Gasteiger partial charge < -0.3 is 4.52 Å². The minimum Gasteiger partial charge on any atom is -0.355 e. The van der Waals surface area contributed by atoms with Gasteiger partial charge in [-0.15, -0.1) is 21.5 Å². The summed E-state index contributed by atoms with van der Waals surface area (Å²) in [6, 6.07) is 5.45. The molecule has 0 fully saturated rings. The number of hydrogen-bond acceptors (Lipinski definition) is 7. The van der Waals surface area contributed by atoms with Gasteiger partial charge in [-0.3, -0.25) is 10.1 Å². The Morgan fingerprint density at radius 3 is 3.10 bits per heavy atom. The molecule has 6 nitrogen and oxygen atoms in total. The monoisotopic (exact) mass is 320 g/mol. The number of nitrogens with zero attached hydrogens (tertiary/aromatic N) is 3. The van der Waals surface area contributed by atoms with Gasteiger partial charge in [0.1, 0.15) is 5.01 Å². The maximum Gasteiger partial charge on any atom is 0.279 e. The van der Waals surface area contributed by atoms with Gasteiger partial charge in [0.15, 0.2) is 11.5 Å². The van der Waals surface area contributed by atoms with E-state index in [0.717, 1.165) is 22.7 Å². The molecule has 3 heterocycles. The number of carbonyl (C=O) groups is 1. The molecule has 108 valence electrons. The van der Waals surface area contributed by atoms with E-state index in [9.17, 15) is 4.79 Å². The Hall–Kier alpha value is -2.06. The third-order valence-electron chi connectivity index (χ3n) is 2.66. The average Bonchev–Trinajstić information content (AvgIpc) is 3.20. The van der Waals surface area contributed by atoms with E-state index in [-0.39, 0.29) is 11.6 Å². The zero-order valence-electron chi connectivity index (χ0n) is 11.2. The van der Waals surface area contributed by atoms with E-state index in [1.165, 1.54) is 22.7 Å². The summed E-state index contributed by atoms with van der Waals surface area (Å²) in [5, 5.41) is 17.7. The van der Waals surface area contributed by atoms with Crippen LogP contribution in [0.4, 0.5) is 5.13 Å². The molecule has 1 N–H and O–H groups in total. The topological polar surface area (TPSA) is 80.9 Å². The average molecular weight is 320 g/mol. The summed E-state index contributed by atoms with van der Waals surface area (Å²) in [6.45, 7) is 2.07. The van der Waals surface area contributed by atoms with Crippen LogP contribution in [0.1, 0.15) is 28.8 Å². The fourth-order valence-corrected chi connectivity index (χ4v) is 3.21. The van der Waals surface area contributed by atoms with Gasteiger partial charge >= 0.3 is 0 Å². The van der Waals surface area contributed by atoms with Gasteiger partial charge in [-0.2, -0.15) is 0 Å². The van der Waals surface area contributed by atoms with E-state index in [1.807, 2.05) is 17.5 Å². The standard InChI is InChI=1S/C13H12N4O2S2/c1-2-4-11-15-16-13(21-11)14-12(18)8-7-9(19-17-8)10-5-3-6-20-10/h3,5-7H,2,4H2,1H3,(H,14,16,18). The van der Waals surface area contributed by atoms with Crippen LogP contribution in [0.15, 0.2) is 28.1 Å². The minimum atomic E-state index is -0.347. The van der Waals surface area contributed by atoms with E-state index in [0.29, 0.717) is 10.9 Å². The molecule has 0 aliphatic rings. The smallest absolute Gasteiger partial charge is 0.279 e. The van der Waals surface area contributed by atoms with Crippen LogP contribution in [0, 0.1) is 0 Å². The molecule has 3 aromatic heterocycles. The van der Waals surface area contributed by atoms with Crippen molar-refractivity contribution in [2.24, 2.45) is 0 Å². The van der Waals surface area contributed by atoms with Crippen LogP contribution >= 0.6 is 22.7 Å². The fourth-order valence-electron chi connectivity index (χ4n) is 1.70. The lowest BCUT2D eigenvalue weighted by molar-refractivity contribution is 0.101. The number of rotatable bonds is 5. The zero-order chi connectivity index (χ0) is 14.7. The molecule has 0 bridgehead atoms. The number of aryl methyl sites for hydroxylation is 1. The van der Waals surface area contributed by atoms with Crippen molar-refractivity contribution in [3.05, 3.63) is 34.3 Å². The molecule has 3 rings (SSSR count). The van der Waals surface area contributed by atoms with E-state index < -0.39 is 0 Å². The number of thiophene rings is 1. The molecule has 0 saturated carbocycles. The molecule has 0 saturated heterocycles. The lowest BCUT2D eigenvalue weighted by Gasteiger charge is -1.94. The van der Waals surface area contributed by atoms with Crippen LogP contribution in [0.2, 0.25) is 0 Å². The second-order valence-electron chi connectivity index (χ2n) is 4.26. The highest BCUT2D eigenvalue weighted by atomic mass is 32.1. The third kappa shape index (κ3) is 3.17. The summed E-state index contributed by atoms with van der Waals surface area (Å²) >= 11 is 2.90. The molecule has 0 unspecified atom stereocenters. The SMILES string of the molecule is CCCc1nnc(NC(=O)c2cc(-c3cccs3)on2)s1. The Kier molecular flexibility index (Phi) is 4.07. The highest BCUT2D eigenvalue weighted by molar-refractivity contribution is 7.15. The van der Waals surface area contributed by atoms with Crippen molar-refractivity contribution in [2.75, 3.05) is 5.32 Å². The van der Waals surface area contributed by atoms with Gasteiger partial charge in [-0.05, 0) is 17.9 Å². The quantitative estimate of drug-likeness (QED) is 0.778. The molecule has 0 aliphatic carbocycles. The summed E-state index contributed by atoms with van der Waals surface area (Å²) < 4.78 is 5.18. The molecule has 0 spiro atoms. The van der Waals surface area contributed by atoms with Gasteiger partial charge in [0.05, 0.1) is 4.88 Å². The first-order valence-corrected chi connectivity index (χ1v) is 8.10. The first kappa shape index (κ1) is 13.9. The molecule has 1 amide bonds. The predicted molar refractivity (Wildman–Crippen MR) is 81.7 cm³/mol. The number of aromatic nitrogens is 3. The first-order chi connectivity index (χ1) is 10.3. The summed E-state index contributed by atoms with van der Waals surface area (Å²) in [5.74, 6) is 0.236. The van der Waals surface area contributed by atoms with Crippen molar-refractivity contribution >= 4 is 33.7 Å². The van der Waals surface area contributed by atoms with E-state index >= 15 is 0 Å². The van der Waals surface area contributed by atoms with Crippen molar-refractivity contribution in [2.45, 2.75) is 19.8 Å². The maximum atomic E-state index is 12.1. The first-order valence-electron chi connectivity index (χ1n) is 6.40. The van der Waals surface area contributed by atoms with Gasteiger partial charge in [-0.25, -0.2) is 0 Å². The Morgan fingerprint density at radius 1 is 1.43 bits per heavy atom. The molecule has 3 aromatic rings. The van der Waals surface area contributed by atoms with Crippen LogP contribution < -0.4 is 5.32 Å². The normalized spacial score (nSPS) is 10.7. The van der Waals surface area contributed by atoms with Crippen LogP contribution in [0.25, 0.3) is 10.6 Å². The molecule has 8 heteroatoms.